The maximum atomic E-state index is 12.2. The molecule has 1 fully saturated rings. The van der Waals surface area contributed by atoms with E-state index in [1.807, 2.05) is 0 Å². The zero-order valence-corrected chi connectivity index (χ0v) is 10.4. The number of pyridine rings is 1. The van der Waals surface area contributed by atoms with Gasteiger partial charge in [0.15, 0.2) is 0 Å². The Labute approximate surface area is 101 Å². The summed E-state index contributed by atoms with van der Waals surface area (Å²) < 4.78 is 27.0. The molecule has 0 atom stereocenters. The van der Waals surface area contributed by atoms with Crippen molar-refractivity contribution in [3.63, 3.8) is 0 Å². The van der Waals surface area contributed by atoms with Gasteiger partial charge in [0.25, 0.3) is 0 Å². The van der Waals surface area contributed by atoms with E-state index >= 15 is 0 Å². The fraction of sp³-hybridized carbons (Fsp3) is 0.545. The number of hydrogen-bond donors (Lipinski definition) is 2. The van der Waals surface area contributed by atoms with Crippen LogP contribution in [0.25, 0.3) is 0 Å². The van der Waals surface area contributed by atoms with Gasteiger partial charge in [0.1, 0.15) is 4.90 Å². The van der Waals surface area contributed by atoms with Crippen LogP contribution in [-0.4, -0.2) is 19.4 Å². The minimum atomic E-state index is -3.48. The first-order valence-corrected chi connectivity index (χ1v) is 7.28. The lowest BCUT2D eigenvalue weighted by atomic mass is 10.3. The molecular formula is C11H17N3O2S. The van der Waals surface area contributed by atoms with E-state index in [1.54, 1.807) is 18.3 Å². The van der Waals surface area contributed by atoms with Gasteiger partial charge in [-0.15, -0.1) is 0 Å². The lowest BCUT2D eigenvalue weighted by Crippen LogP contribution is -2.33. The molecule has 6 heteroatoms. The van der Waals surface area contributed by atoms with E-state index in [-0.39, 0.29) is 17.5 Å². The quantitative estimate of drug-likeness (QED) is 0.832. The number of nitrogens with one attached hydrogen (secondary N) is 1. The molecule has 5 nitrogen and oxygen atoms in total. The minimum Gasteiger partial charge on any atom is -0.325 e. The first kappa shape index (κ1) is 12.5. The van der Waals surface area contributed by atoms with Gasteiger partial charge in [-0.2, -0.15) is 0 Å². The number of rotatable bonds is 4. The highest BCUT2D eigenvalue weighted by molar-refractivity contribution is 7.89. The van der Waals surface area contributed by atoms with Gasteiger partial charge in [0, 0.05) is 18.8 Å². The number of hydrogen-bond acceptors (Lipinski definition) is 4. The second kappa shape index (κ2) is 5.12. The third-order valence-electron chi connectivity index (χ3n) is 3.01. The minimum absolute atomic E-state index is 0.0610. The summed E-state index contributed by atoms with van der Waals surface area (Å²) >= 11 is 0. The fourth-order valence-electron chi connectivity index (χ4n) is 2.15. The van der Waals surface area contributed by atoms with Crippen LogP contribution >= 0.6 is 0 Å². The molecule has 2 rings (SSSR count). The van der Waals surface area contributed by atoms with Crippen molar-refractivity contribution >= 4 is 10.0 Å². The van der Waals surface area contributed by atoms with Crippen molar-refractivity contribution in [3.05, 3.63) is 24.0 Å². The molecule has 17 heavy (non-hydrogen) atoms. The molecule has 0 saturated heterocycles. The maximum Gasteiger partial charge on any atom is 0.242 e. The van der Waals surface area contributed by atoms with E-state index in [0.717, 1.165) is 25.7 Å². The van der Waals surface area contributed by atoms with Gasteiger partial charge in [0.05, 0.1) is 5.69 Å². The molecule has 1 aliphatic rings. The molecule has 3 N–H and O–H groups in total. The van der Waals surface area contributed by atoms with Gasteiger partial charge in [-0.05, 0) is 25.0 Å². The summed E-state index contributed by atoms with van der Waals surface area (Å²) in [6.45, 7) is 0.127. The Hall–Kier alpha value is -0.980. The summed E-state index contributed by atoms with van der Waals surface area (Å²) in [4.78, 5) is 4.20. The van der Waals surface area contributed by atoms with Crippen molar-refractivity contribution in [1.29, 1.82) is 0 Å². The second-order valence-corrected chi connectivity index (χ2v) is 5.94. The largest absolute Gasteiger partial charge is 0.325 e. The van der Waals surface area contributed by atoms with E-state index < -0.39 is 10.0 Å². The van der Waals surface area contributed by atoms with E-state index in [4.69, 9.17) is 5.73 Å². The molecule has 1 aromatic heterocycles. The van der Waals surface area contributed by atoms with Crippen molar-refractivity contribution in [3.8, 4) is 0 Å². The molecule has 1 saturated carbocycles. The van der Waals surface area contributed by atoms with Crippen LogP contribution in [0.1, 0.15) is 31.4 Å². The molecule has 0 radical (unpaired) electrons. The van der Waals surface area contributed by atoms with Crippen LogP contribution < -0.4 is 10.5 Å². The third kappa shape index (κ3) is 2.83. The van der Waals surface area contributed by atoms with Gasteiger partial charge in [-0.1, -0.05) is 12.8 Å². The molecule has 0 aliphatic heterocycles. The number of sulfonamides is 1. The van der Waals surface area contributed by atoms with E-state index in [2.05, 4.69) is 9.71 Å². The fourth-order valence-corrected chi connectivity index (χ4v) is 3.65. The summed E-state index contributed by atoms with van der Waals surface area (Å²) in [6.07, 6.45) is 5.56. The Bertz CT molecular complexity index is 481. The zero-order chi connectivity index (χ0) is 12.3. The number of aromatic nitrogens is 1. The van der Waals surface area contributed by atoms with Crippen LogP contribution in [0, 0.1) is 0 Å². The van der Waals surface area contributed by atoms with Gasteiger partial charge in [-0.3, -0.25) is 4.98 Å². The molecule has 1 aliphatic carbocycles. The van der Waals surface area contributed by atoms with Gasteiger partial charge >= 0.3 is 0 Å². The predicted molar refractivity (Wildman–Crippen MR) is 64.7 cm³/mol. The van der Waals surface area contributed by atoms with Gasteiger partial charge in [-0.25, -0.2) is 13.1 Å². The maximum absolute atomic E-state index is 12.2. The third-order valence-corrected chi connectivity index (χ3v) is 4.60. The Morgan fingerprint density at radius 3 is 2.76 bits per heavy atom. The smallest absolute Gasteiger partial charge is 0.242 e. The van der Waals surface area contributed by atoms with E-state index in [9.17, 15) is 8.42 Å². The monoisotopic (exact) mass is 255 g/mol. The Balaban J connectivity index is 2.24. The number of nitrogens with zero attached hydrogens (tertiary/aromatic N) is 1. The van der Waals surface area contributed by atoms with Crippen molar-refractivity contribution < 1.29 is 8.42 Å². The van der Waals surface area contributed by atoms with Crippen LogP contribution in [0.15, 0.2) is 23.2 Å². The van der Waals surface area contributed by atoms with Crippen LogP contribution in [0.2, 0.25) is 0 Å². The molecule has 0 unspecified atom stereocenters. The highest BCUT2D eigenvalue weighted by atomic mass is 32.2. The van der Waals surface area contributed by atoms with Crippen LogP contribution in [0.3, 0.4) is 0 Å². The van der Waals surface area contributed by atoms with E-state index in [1.165, 1.54) is 0 Å². The summed E-state index contributed by atoms with van der Waals surface area (Å²) in [5.41, 5.74) is 5.92. The molecule has 0 spiro atoms. The molecule has 94 valence electrons. The second-order valence-electron chi connectivity index (χ2n) is 4.26. The first-order valence-electron chi connectivity index (χ1n) is 5.80. The standard InChI is InChI=1S/C11H17N3O2S/c12-8-10-11(6-3-7-13-10)17(15,16)14-9-4-1-2-5-9/h3,6-7,9,14H,1-2,4-5,8,12H2. The van der Waals surface area contributed by atoms with Crippen LogP contribution in [-0.2, 0) is 16.6 Å². The van der Waals surface area contributed by atoms with Gasteiger partial charge in [0.2, 0.25) is 10.0 Å². The highest BCUT2D eigenvalue weighted by Crippen LogP contribution is 2.21. The molecule has 1 heterocycles. The Kier molecular flexibility index (Phi) is 3.76. The summed E-state index contributed by atoms with van der Waals surface area (Å²) in [5.74, 6) is 0. The molecule has 1 aromatic rings. The normalized spacial score (nSPS) is 17.5. The highest BCUT2D eigenvalue weighted by Gasteiger charge is 2.24. The number of nitrogens with two attached hydrogens (primary N) is 1. The average Bonchev–Trinajstić information content (AvgIpc) is 2.81. The Morgan fingerprint density at radius 1 is 1.41 bits per heavy atom. The Morgan fingerprint density at radius 2 is 2.12 bits per heavy atom. The van der Waals surface area contributed by atoms with Gasteiger partial charge < -0.3 is 5.73 Å². The van der Waals surface area contributed by atoms with Crippen LogP contribution in [0.4, 0.5) is 0 Å². The summed E-state index contributed by atoms with van der Waals surface area (Å²) in [5, 5.41) is 0. The zero-order valence-electron chi connectivity index (χ0n) is 9.59. The van der Waals surface area contributed by atoms with Crippen molar-refractivity contribution in [1.82, 2.24) is 9.71 Å². The predicted octanol–water partition coefficient (Wildman–Crippen LogP) is 0.761. The first-order chi connectivity index (χ1) is 8.13. The van der Waals surface area contributed by atoms with E-state index in [0.29, 0.717) is 5.69 Å². The molecular weight excluding hydrogens is 238 g/mol. The lowest BCUT2D eigenvalue weighted by molar-refractivity contribution is 0.550. The SMILES string of the molecule is NCc1ncccc1S(=O)(=O)NC1CCCC1. The van der Waals surface area contributed by atoms with Crippen molar-refractivity contribution in [2.45, 2.75) is 43.2 Å². The molecule has 0 amide bonds. The topological polar surface area (TPSA) is 85.1 Å². The molecule has 0 bridgehead atoms. The average molecular weight is 255 g/mol. The lowest BCUT2D eigenvalue weighted by Gasteiger charge is -2.14. The van der Waals surface area contributed by atoms with Crippen LogP contribution in [0.5, 0.6) is 0 Å². The molecule has 0 aromatic carbocycles. The summed E-state index contributed by atoms with van der Waals surface area (Å²) in [6, 6.07) is 3.22. The van der Waals surface area contributed by atoms with Crippen molar-refractivity contribution in [2.75, 3.05) is 0 Å². The summed E-state index contributed by atoms with van der Waals surface area (Å²) in [7, 11) is -3.48. The van der Waals surface area contributed by atoms with Crippen molar-refractivity contribution in [2.24, 2.45) is 5.73 Å².